The lowest BCUT2D eigenvalue weighted by molar-refractivity contribution is 0.593. The van der Waals surface area contributed by atoms with Gasteiger partial charge in [-0.3, -0.25) is 0 Å². The maximum absolute atomic E-state index is 11.5. The van der Waals surface area contributed by atoms with Gasteiger partial charge >= 0.3 is 0 Å². The monoisotopic (exact) mass is 297 g/mol. The fraction of sp³-hybridized carbons (Fsp3) is 0.167. The van der Waals surface area contributed by atoms with Crippen LogP contribution in [-0.4, -0.2) is 31.7 Å². The lowest BCUT2D eigenvalue weighted by Crippen LogP contribution is -2.14. The molecule has 0 saturated heterocycles. The summed E-state index contributed by atoms with van der Waals surface area (Å²) in [5.41, 5.74) is 0.872. The van der Waals surface area contributed by atoms with Crippen LogP contribution >= 0.6 is 11.6 Å². The Balaban J connectivity index is 2.49. The van der Waals surface area contributed by atoms with E-state index in [-0.39, 0.29) is 10.3 Å². The molecule has 0 aliphatic rings. The van der Waals surface area contributed by atoms with Gasteiger partial charge in [0.05, 0.1) is 0 Å². The van der Waals surface area contributed by atoms with Gasteiger partial charge in [0.2, 0.25) is 15.0 Å². The molecular formula is C12H12ClN3O2S. The van der Waals surface area contributed by atoms with E-state index in [4.69, 9.17) is 11.6 Å². The smallest absolute Gasteiger partial charge is 0.250 e. The first-order valence-corrected chi connectivity index (χ1v) is 7.68. The zero-order chi connectivity index (χ0) is 14.0. The summed E-state index contributed by atoms with van der Waals surface area (Å²) in [5, 5.41) is -0.189. The molecule has 0 bridgehead atoms. The van der Waals surface area contributed by atoms with E-state index < -0.39 is 9.84 Å². The van der Waals surface area contributed by atoms with Gasteiger partial charge in [-0.2, -0.15) is 0 Å². The molecule has 0 spiro atoms. The number of benzene rings is 1. The van der Waals surface area contributed by atoms with E-state index in [0.29, 0.717) is 5.82 Å². The average molecular weight is 298 g/mol. The SMILES string of the molecule is CN(c1ccccc1)c1cc(Cl)nc(S(C)(=O)=O)n1. The van der Waals surface area contributed by atoms with E-state index >= 15 is 0 Å². The van der Waals surface area contributed by atoms with Crippen LogP contribution in [0.2, 0.25) is 5.15 Å². The molecule has 0 aliphatic heterocycles. The van der Waals surface area contributed by atoms with Crippen LogP contribution in [0.1, 0.15) is 0 Å². The molecule has 0 atom stereocenters. The molecule has 19 heavy (non-hydrogen) atoms. The third-order valence-corrected chi connectivity index (χ3v) is 3.52. The molecule has 0 unspecified atom stereocenters. The molecule has 2 aromatic rings. The zero-order valence-corrected chi connectivity index (χ0v) is 12.0. The first-order chi connectivity index (χ1) is 8.88. The normalized spacial score (nSPS) is 11.3. The number of hydrogen-bond acceptors (Lipinski definition) is 5. The van der Waals surface area contributed by atoms with Crippen LogP contribution in [0.5, 0.6) is 0 Å². The van der Waals surface area contributed by atoms with E-state index in [9.17, 15) is 8.42 Å². The largest absolute Gasteiger partial charge is 0.329 e. The molecular weight excluding hydrogens is 286 g/mol. The van der Waals surface area contributed by atoms with E-state index in [0.717, 1.165) is 11.9 Å². The van der Waals surface area contributed by atoms with Crippen LogP contribution in [0, 0.1) is 0 Å². The quantitative estimate of drug-likeness (QED) is 0.642. The third-order valence-electron chi connectivity index (χ3n) is 2.48. The molecule has 1 aromatic heterocycles. The minimum atomic E-state index is -3.50. The topological polar surface area (TPSA) is 63.2 Å². The highest BCUT2D eigenvalue weighted by Gasteiger charge is 2.16. The van der Waals surface area contributed by atoms with Gasteiger partial charge < -0.3 is 4.90 Å². The van der Waals surface area contributed by atoms with E-state index in [1.54, 1.807) is 11.9 Å². The second-order valence-electron chi connectivity index (χ2n) is 4.00. The highest BCUT2D eigenvalue weighted by molar-refractivity contribution is 7.90. The summed E-state index contributed by atoms with van der Waals surface area (Å²) in [4.78, 5) is 9.48. The van der Waals surface area contributed by atoms with Crippen molar-refractivity contribution in [3.63, 3.8) is 0 Å². The number of anilines is 2. The highest BCUT2D eigenvalue weighted by Crippen LogP contribution is 2.24. The minimum absolute atomic E-state index is 0.0909. The number of rotatable bonds is 3. The molecule has 0 saturated carbocycles. The summed E-state index contributed by atoms with van der Waals surface area (Å²) >= 11 is 5.85. The molecule has 5 nitrogen and oxygen atoms in total. The second kappa shape index (κ2) is 5.14. The van der Waals surface area contributed by atoms with Crippen molar-refractivity contribution in [1.82, 2.24) is 9.97 Å². The lowest BCUT2D eigenvalue weighted by Gasteiger charge is -2.18. The predicted octanol–water partition coefficient (Wildman–Crippen LogP) is 2.30. The van der Waals surface area contributed by atoms with Crippen LogP contribution in [-0.2, 0) is 9.84 Å². The molecule has 2 rings (SSSR count). The summed E-state index contributed by atoms with van der Waals surface area (Å²) in [5.74, 6) is 0.423. The van der Waals surface area contributed by atoms with Crippen LogP contribution in [0.4, 0.5) is 11.5 Å². The summed E-state index contributed by atoms with van der Waals surface area (Å²) in [7, 11) is -1.72. The van der Waals surface area contributed by atoms with Gasteiger partial charge in [0.25, 0.3) is 0 Å². The van der Waals surface area contributed by atoms with Crippen molar-refractivity contribution >= 4 is 32.9 Å². The van der Waals surface area contributed by atoms with Crippen molar-refractivity contribution in [2.45, 2.75) is 5.16 Å². The Bertz CT molecular complexity index is 689. The summed E-state index contributed by atoms with van der Waals surface area (Å²) in [6.07, 6.45) is 1.05. The minimum Gasteiger partial charge on any atom is -0.329 e. The van der Waals surface area contributed by atoms with Crippen LogP contribution in [0.3, 0.4) is 0 Å². The fourth-order valence-electron chi connectivity index (χ4n) is 1.51. The van der Waals surface area contributed by atoms with Crippen LogP contribution in [0.15, 0.2) is 41.6 Å². The Morgan fingerprint density at radius 1 is 1.16 bits per heavy atom. The first kappa shape index (κ1) is 13.8. The summed E-state index contributed by atoms with van der Waals surface area (Å²) < 4.78 is 23.0. The Morgan fingerprint density at radius 3 is 2.37 bits per heavy atom. The first-order valence-electron chi connectivity index (χ1n) is 5.41. The van der Waals surface area contributed by atoms with E-state index in [2.05, 4.69) is 9.97 Å². The number of para-hydroxylation sites is 1. The van der Waals surface area contributed by atoms with Gasteiger partial charge in [0.15, 0.2) is 0 Å². The number of nitrogens with zero attached hydrogens (tertiary/aromatic N) is 3. The molecule has 0 aliphatic carbocycles. The summed E-state index contributed by atoms with van der Waals surface area (Å²) in [6.45, 7) is 0. The molecule has 0 fully saturated rings. The predicted molar refractivity (Wildman–Crippen MR) is 74.7 cm³/mol. The molecule has 1 aromatic carbocycles. The van der Waals surface area contributed by atoms with Gasteiger partial charge in [-0.05, 0) is 12.1 Å². The van der Waals surface area contributed by atoms with Crippen molar-refractivity contribution in [3.05, 3.63) is 41.6 Å². The third kappa shape index (κ3) is 3.21. The molecule has 100 valence electrons. The Hall–Kier alpha value is -1.66. The van der Waals surface area contributed by atoms with E-state index in [1.165, 1.54) is 6.07 Å². The lowest BCUT2D eigenvalue weighted by atomic mass is 10.3. The van der Waals surface area contributed by atoms with Gasteiger partial charge in [0.1, 0.15) is 11.0 Å². The molecule has 7 heteroatoms. The maximum atomic E-state index is 11.5. The van der Waals surface area contributed by atoms with Crippen molar-refractivity contribution in [2.24, 2.45) is 0 Å². The number of hydrogen-bond donors (Lipinski definition) is 0. The Labute approximate surface area is 116 Å². The number of halogens is 1. The fourth-order valence-corrected chi connectivity index (χ4v) is 2.26. The van der Waals surface area contributed by atoms with Crippen molar-refractivity contribution < 1.29 is 8.42 Å². The summed E-state index contributed by atoms with van der Waals surface area (Å²) in [6, 6.07) is 10.9. The highest BCUT2D eigenvalue weighted by atomic mass is 35.5. The number of aromatic nitrogens is 2. The van der Waals surface area contributed by atoms with Crippen molar-refractivity contribution in [2.75, 3.05) is 18.2 Å². The zero-order valence-electron chi connectivity index (χ0n) is 10.4. The Kier molecular flexibility index (Phi) is 3.73. The van der Waals surface area contributed by atoms with Gasteiger partial charge in [-0.15, -0.1) is 0 Å². The second-order valence-corrected chi connectivity index (χ2v) is 6.29. The Morgan fingerprint density at radius 2 is 1.79 bits per heavy atom. The van der Waals surface area contributed by atoms with Gasteiger partial charge in [0, 0.05) is 25.1 Å². The standard InChI is InChI=1S/C12H12ClN3O2S/c1-16(9-6-4-3-5-7-9)11-8-10(13)14-12(15-11)19(2,17)18/h3-8H,1-2H3. The maximum Gasteiger partial charge on any atom is 0.250 e. The van der Waals surface area contributed by atoms with Crippen LogP contribution in [0.25, 0.3) is 0 Å². The van der Waals surface area contributed by atoms with Crippen LogP contribution < -0.4 is 4.90 Å². The molecule has 1 heterocycles. The van der Waals surface area contributed by atoms with Crippen molar-refractivity contribution in [3.8, 4) is 0 Å². The molecule has 0 N–H and O–H groups in total. The average Bonchev–Trinajstić information content (AvgIpc) is 2.37. The van der Waals surface area contributed by atoms with E-state index in [1.807, 2.05) is 30.3 Å². The molecule has 0 radical (unpaired) electrons. The number of sulfone groups is 1. The van der Waals surface area contributed by atoms with Gasteiger partial charge in [-0.25, -0.2) is 18.4 Å². The van der Waals surface area contributed by atoms with Crippen molar-refractivity contribution in [1.29, 1.82) is 0 Å². The molecule has 0 amide bonds. The van der Waals surface area contributed by atoms with Gasteiger partial charge in [-0.1, -0.05) is 29.8 Å².